The molecule has 1 aliphatic heterocycles. The Morgan fingerprint density at radius 1 is 1.29 bits per heavy atom. The van der Waals surface area contributed by atoms with Crippen LogP contribution in [-0.2, 0) is 0 Å². The number of para-hydroxylation sites is 1. The van der Waals surface area contributed by atoms with Gasteiger partial charge in [0.05, 0.1) is 12.2 Å². The Labute approximate surface area is 103 Å². The average molecular weight is 232 g/mol. The molecule has 0 aromatic heterocycles. The molecule has 2 atom stereocenters. The molecule has 2 aliphatic rings. The Bertz CT molecular complexity index is 407. The molecule has 1 heterocycles. The van der Waals surface area contributed by atoms with Gasteiger partial charge in [0, 0.05) is 0 Å². The van der Waals surface area contributed by atoms with Gasteiger partial charge in [0.15, 0.2) is 0 Å². The number of hydrogen-bond acceptors (Lipinski definition) is 2. The lowest BCUT2D eigenvalue weighted by Crippen LogP contribution is -2.31. The summed E-state index contributed by atoms with van der Waals surface area (Å²) in [5, 5.41) is 10.5. The minimum absolute atomic E-state index is 0.454. The van der Waals surface area contributed by atoms with Crippen LogP contribution in [0.2, 0.25) is 0 Å². The number of rotatable bonds is 3. The standard InChI is InChI=1S/C15H20O2/c1-15(16,12-6-7-12)10-11-8-9-17-14-5-3-2-4-13(11)14/h2-5,11-12,16H,6-10H2,1H3. The summed E-state index contributed by atoms with van der Waals surface area (Å²) < 4.78 is 5.66. The molecular formula is C15H20O2. The lowest BCUT2D eigenvalue weighted by atomic mass is 9.81. The van der Waals surface area contributed by atoms with E-state index in [9.17, 15) is 5.11 Å². The normalized spacial score (nSPS) is 26.8. The van der Waals surface area contributed by atoms with Crippen molar-refractivity contribution in [3.63, 3.8) is 0 Å². The van der Waals surface area contributed by atoms with Gasteiger partial charge in [0.1, 0.15) is 5.75 Å². The van der Waals surface area contributed by atoms with E-state index in [1.54, 1.807) is 0 Å². The van der Waals surface area contributed by atoms with Crippen LogP contribution < -0.4 is 4.74 Å². The number of aliphatic hydroxyl groups is 1. The largest absolute Gasteiger partial charge is 0.493 e. The third kappa shape index (κ3) is 2.19. The van der Waals surface area contributed by atoms with E-state index >= 15 is 0 Å². The molecule has 1 saturated carbocycles. The Kier molecular flexibility index (Phi) is 2.62. The zero-order chi connectivity index (χ0) is 11.9. The first-order valence-corrected chi connectivity index (χ1v) is 6.61. The van der Waals surface area contributed by atoms with Gasteiger partial charge in [-0.05, 0) is 56.1 Å². The Hall–Kier alpha value is -1.02. The first-order valence-electron chi connectivity index (χ1n) is 6.61. The van der Waals surface area contributed by atoms with Crippen LogP contribution >= 0.6 is 0 Å². The molecule has 2 nitrogen and oxygen atoms in total. The highest BCUT2D eigenvalue weighted by atomic mass is 16.5. The van der Waals surface area contributed by atoms with Crippen molar-refractivity contribution in [1.29, 1.82) is 0 Å². The van der Waals surface area contributed by atoms with E-state index in [0.29, 0.717) is 11.8 Å². The molecule has 3 rings (SSSR count). The van der Waals surface area contributed by atoms with Crippen LogP contribution in [0.1, 0.15) is 44.1 Å². The van der Waals surface area contributed by atoms with E-state index in [1.165, 1.54) is 18.4 Å². The highest BCUT2D eigenvalue weighted by Gasteiger charge is 2.42. The molecule has 1 aliphatic carbocycles. The van der Waals surface area contributed by atoms with Crippen molar-refractivity contribution in [1.82, 2.24) is 0 Å². The Balaban J connectivity index is 1.80. The van der Waals surface area contributed by atoms with Gasteiger partial charge in [0.2, 0.25) is 0 Å². The lowest BCUT2D eigenvalue weighted by Gasteiger charge is -2.32. The summed E-state index contributed by atoms with van der Waals surface area (Å²) in [6.07, 6.45) is 4.29. The SMILES string of the molecule is CC(O)(CC1CCOc2ccccc21)C1CC1. The third-order valence-electron chi connectivity index (χ3n) is 4.20. The molecule has 2 unspecified atom stereocenters. The first-order chi connectivity index (χ1) is 8.17. The molecular weight excluding hydrogens is 212 g/mol. The van der Waals surface area contributed by atoms with Crippen molar-refractivity contribution < 1.29 is 9.84 Å². The molecule has 1 N–H and O–H groups in total. The van der Waals surface area contributed by atoms with E-state index in [4.69, 9.17) is 4.74 Å². The summed E-state index contributed by atoms with van der Waals surface area (Å²) in [6.45, 7) is 2.78. The van der Waals surface area contributed by atoms with E-state index in [2.05, 4.69) is 12.1 Å². The quantitative estimate of drug-likeness (QED) is 0.867. The Morgan fingerprint density at radius 3 is 2.82 bits per heavy atom. The minimum Gasteiger partial charge on any atom is -0.493 e. The predicted octanol–water partition coefficient (Wildman–Crippen LogP) is 3.10. The van der Waals surface area contributed by atoms with E-state index in [-0.39, 0.29) is 0 Å². The Morgan fingerprint density at radius 2 is 2.06 bits per heavy atom. The fourth-order valence-electron chi connectivity index (χ4n) is 3.00. The molecule has 0 spiro atoms. The molecule has 0 amide bonds. The van der Waals surface area contributed by atoms with Gasteiger partial charge in [0.25, 0.3) is 0 Å². The summed E-state index contributed by atoms with van der Waals surface area (Å²) >= 11 is 0. The van der Waals surface area contributed by atoms with Crippen LogP contribution in [0.15, 0.2) is 24.3 Å². The predicted molar refractivity (Wildman–Crippen MR) is 67.3 cm³/mol. The van der Waals surface area contributed by atoms with Crippen molar-refractivity contribution in [3.8, 4) is 5.75 Å². The first kappa shape index (κ1) is 11.1. The minimum atomic E-state index is -0.491. The summed E-state index contributed by atoms with van der Waals surface area (Å²) in [5.41, 5.74) is 0.787. The summed E-state index contributed by atoms with van der Waals surface area (Å²) in [6, 6.07) is 8.25. The highest BCUT2D eigenvalue weighted by Crippen LogP contribution is 2.46. The van der Waals surface area contributed by atoms with Crippen LogP contribution in [0.5, 0.6) is 5.75 Å². The van der Waals surface area contributed by atoms with Gasteiger partial charge in [-0.3, -0.25) is 0 Å². The van der Waals surface area contributed by atoms with Gasteiger partial charge in [-0.1, -0.05) is 18.2 Å². The maximum absolute atomic E-state index is 10.5. The number of fused-ring (bicyclic) bond motifs is 1. The van der Waals surface area contributed by atoms with Gasteiger partial charge >= 0.3 is 0 Å². The zero-order valence-corrected chi connectivity index (χ0v) is 10.4. The monoisotopic (exact) mass is 232 g/mol. The molecule has 2 heteroatoms. The highest BCUT2D eigenvalue weighted by molar-refractivity contribution is 5.38. The molecule has 0 radical (unpaired) electrons. The third-order valence-corrected chi connectivity index (χ3v) is 4.20. The van der Waals surface area contributed by atoms with Crippen LogP contribution in [0.25, 0.3) is 0 Å². The number of hydrogen-bond donors (Lipinski definition) is 1. The molecule has 17 heavy (non-hydrogen) atoms. The molecule has 1 fully saturated rings. The zero-order valence-electron chi connectivity index (χ0n) is 10.4. The van der Waals surface area contributed by atoms with E-state index < -0.39 is 5.60 Å². The second-order valence-electron chi connectivity index (χ2n) is 5.71. The second kappa shape index (κ2) is 4.02. The number of benzene rings is 1. The van der Waals surface area contributed by atoms with E-state index in [1.807, 2.05) is 19.1 Å². The van der Waals surface area contributed by atoms with E-state index in [0.717, 1.165) is 25.2 Å². The smallest absolute Gasteiger partial charge is 0.122 e. The van der Waals surface area contributed by atoms with Crippen LogP contribution in [0, 0.1) is 5.92 Å². The van der Waals surface area contributed by atoms with Gasteiger partial charge in [-0.25, -0.2) is 0 Å². The molecule has 1 aromatic carbocycles. The fraction of sp³-hybridized carbons (Fsp3) is 0.600. The topological polar surface area (TPSA) is 29.5 Å². The molecule has 0 bridgehead atoms. The van der Waals surface area contributed by atoms with Crippen LogP contribution in [0.4, 0.5) is 0 Å². The average Bonchev–Trinajstić information content (AvgIpc) is 3.13. The van der Waals surface area contributed by atoms with Crippen molar-refractivity contribution in [2.75, 3.05) is 6.61 Å². The van der Waals surface area contributed by atoms with Crippen molar-refractivity contribution in [2.24, 2.45) is 5.92 Å². The second-order valence-corrected chi connectivity index (χ2v) is 5.71. The fourth-order valence-corrected chi connectivity index (χ4v) is 3.00. The van der Waals surface area contributed by atoms with Gasteiger partial charge < -0.3 is 9.84 Å². The van der Waals surface area contributed by atoms with Crippen LogP contribution in [-0.4, -0.2) is 17.3 Å². The number of ether oxygens (including phenoxy) is 1. The van der Waals surface area contributed by atoms with Crippen molar-refractivity contribution >= 4 is 0 Å². The van der Waals surface area contributed by atoms with Crippen molar-refractivity contribution in [3.05, 3.63) is 29.8 Å². The van der Waals surface area contributed by atoms with Gasteiger partial charge in [-0.15, -0.1) is 0 Å². The molecule has 0 saturated heterocycles. The lowest BCUT2D eigenvalue weighted by molar-refractivity contribution is 0.0172. The maximum atomic E-state index is 10.5. The maximum Gasteiger partial charge on any atom is 0.122 e. The summed E-state index contributed by atoms with van der Waals surface area (Å²) in [5.74, 6) is 1.99. The summed E-state index contributed by atoms with van der Waals surface area (Å²) in [7, 11) is 0. The molecule has 1 aromatic rings. The summed E-state index contributed by atoms with van der Waals surface area (Å²) in [4.78, 5) is 0. The van der Waals surface area contributed by atoms with Gasteiger partial charge in [-0.2, -0.15) is 0 Å². The molecule has 92 valence electrons. The van der Waals surface area contributed by atoms with Crippen molar-refractivity contribution in [2.45, 2.75) is 44.1 Å². The van der Waals surface area contributed by atoms with Crippen LogP contribution in [0.3, 0.4) is 0 Å².